The number of rotatable bonds is 8. The number of nitrogens with zero attached hydrogens (tertiary/aromatic N) is 2. The van der Waals surface area contributed by atoms with Crippen LogP contribution in [0.25, 0.3) is 0 Å². The van der Waals surface area contributed by atoms with Gasteiger partial charge in [-0.3, -0.25) is 9.59 Å². The number of hydrogen-bond acceptors (Lipinski definition) is 4. The molecular formula is C27H42N4O2. The van der Waals surface area contributed by atoms with E-state index >= 15 is 0 Å². The number of benzene rings is 1. The maximum absolute atomic E-state index is 13.9. The molecule has 0 unspecified atom stereocenters. The fourth-order valence-corrected chi connectivity index (χ4v) is 6.05. The van der Waals surface area contributed by atoms with E-state index in [9.17, 15) is 9.59 Å². The van der Waals surface area contributed by atoms with Crippen molar-refractivity contribution in [2.45, 2.75) is 76.4 Å². The van der Waals surface area contributed by atoms with E-state index in [1.165, 1.54) is 18.4 Å². The third-order valence-corrected chi connectivity index (χ3v) is 8.30. The van der Waals surface area contributed by atoms with Gasteiger partial charge in [-0.05, 0) is 70.0 Å². The predicted molar refractivity (Wildman–Crippen MR) is 132 cm³/mol. The van der Waals surface area contributed by atoms with Crippen LogP contribution in [0.3, 0.4) is 0 Å². The average Bonchev–Trinajstić information content (AvgIpc) is 3.29. The first-order chi connectivity index (χ1) is 16.1. The number of likely N-dealkylation sites (tertiary alicyclic amines) is 2. The number of amides is 2. The number of hydrogen-bond donors (Lipinski definition) is 2. The van der Waals surface area contributed by atoms with Crippen LogP contribution in [0.2, 0.25) is 0 Å². The van der Waals surface area contributed by atoms with Gasteiger partial charge in [0.15, 0.2) is 0 Å². The van der Waals surface area contributed by atoms with Crippen molar-refractivity contribution in [3.05, 3.63) is 35.9 Å². The Hall–Kier alpha value is -1.92. The van der Waals surface area contributed by atoms with E-state index in [0.29, 0.717) is 5.92 Å². The summed E-state index contributed by atoms with van der Waals surface area (Å²) in [5, 5.41) is 6.18. The zero-order valence-corrected chi connectivity index (χ0v) is 20.5. The molecule has 33 heavy (non-hydrogen) atoms. The normalized spacial score (nSPS) is 25.9. The number of nitrogens with one attached hydrogen (secondary N) is 2. The lowest BCUT2D eigenvalue weighted by atomic mass is 9.83. The molecular weight excluding hydrogens is 412 g/mol. The van der Waals surface area contributed by atoms with Crippen LogP contribution >= 0.6 is 0 Å². The van der Waals surface area contributed by atoms with Gasteiger partial charge in [-0.1, -0.05) is 49.6 Å². The van der Waals surface area contributed by atoms with Crippen LogP contribution in [0, 0.1) is 11.8 Å². The Morgan fingerprint density at radius 2 is 1.76 bits per heavy atom. The molecule has 3 aliphatic rings. The SMILES string of the molecule is CN[C@@H](C)C(=O)N[C@H](C(=O)N1CC[C@@H]2CCN(CCc3ccccc3)C[C@H]21)C1CCCCC1. The average molecular weight is 455 g/mol. The van der Waals surface area contributed by atoms with Crippen molar-refractivity contribution in [3.63, 3.8) is 0 Å². The lowest BCUT2D eigenvalue weighted by Crippen LogP contribution is -2.58. The third kappa shape index (κ3) is 5.96. The van der Waals surface area contributed by atoms with Crippen LogP contribution in [0.1, 0.15) is 57.4 Å². The number of carbonyl (C=O) groups is 2. The highest BCUT2D eigenvalue weighted by Gasteiger charge is 2.44. The van der Waals surface area contributed by atoms with Crippen molar-refractivity contribution < 1.29 is 9.59 Å². The second-order valence-corrected chi connectivity index (χ2v) is 10.4. The number of fused-ring (bicyclic) bond motifs is 1. The van der Waals surface area contributed by atoms with Crippen molar-refractivity contribution in [3.8, 4) is 0 Å². The van der Waals surface area contributed by atoms with Crippen molar-refractivity contribution >= 4 is 11.8 Å². The maximum atomic E-state index is 13.9. The first kappa shape index (κ1) is 24.2. The summed E-state index contributed by atoms with van der Waals surface area (Å²) >= 11 is 0. The highest BCUT2D eigenvalue weighted by molar-refractivity contribution is 5.90. The molecule has 1 aliphatic carbocycles. The molecule has 2 N–H and O–H groups in total. The van der Waals surface area contributed by atoms with Crippen LogP contribution in [-0.2, 0) is 16.0 Å². The fraction of sp³-hybridized carbons (Fsp3) is 0.704. The van der Waals surface area contributed by atoms with Crippen LogP contribution < -0.4 is 10.6 Å². The maximum Gasteiger partial charge on any atom is 0.245 e. The third-order valence-electron chi connectivity index (χ3n) is 8.30. The first-order valence-electron chi connectivity index (χ1n) is 13.1. The lowest BCUT2D eigenvalue weighted by molar-refractivity contribution is -0.140. The van der Waals surface area contributed by atoms with Crippen LogP contribution in [0.5, 0.6) is 0 Å². The van der Waals surface area contributed by atoms with Gasteiger partial charge in [0.05, 0.1) is 6.04 Å². The predicted octanol–water partition coefficient (Wildman–Crippen LogP) is 2.82. The van der Waals surface area contributed by atoms with Crippen molar-refractivity contribution in [1.82, 2.24) is 20.4 Å². The van der Waals surface area contributed by atoms with E-state index in [1.807, 2.05) is 6.92 Å². The van der Waals surface area contributed by atoms with Gasteiger partial charge >= 0.3 is 0 Å². The van der Waals surface area contributed by atoms with Gasteiger partial charge in [0, 0.05) is 25.7 Å². The van der Waals surface area contributed by atoms with E-state index < -0.39 is 0 Å². The van der Waals surface area contributed by atoms with E-state index in [-0.39, 0.29) is 35.9 Å². The molecule has 6 heteroatoms. The van der Waals surface area contributed by atoms with Crippen molar-refractivity contribution in [2.75, 3.05) is 33.2 Å². The van der Waals surface area contributed by atoms with Gasteiger partial charge in [-0.2, -0.15) is 0 Å². The van der Waals surface area contributed by atoms with Crippen LogP contribution in [-0.4, -0.2) is 73.0 Å². The van der Waals surface area contributed by atoms with E-state index in [4.69, 9.17) is 0 Å². The van der Waals surface area contributed by atoms with Crippen LogP contribution in [0.15, 0.2) is 30.3 Å². The van der Waals surface area contributed by atoms with Gasteiger partial charge in [0.2, 0.25) is 11.8 Å². The minimum atomic E-state index is -0.382. The molecule has 2 saturated heterocycles. The number of carbonyl (C=O) groups excluding carboxylic acids is 2. The Kier molecular flexibility index (Phi) is 8.42. The number of likely N-dealkylation sites (N-methyl/N-ethyl adjacent to an activating group) is 1. The Labute approximate surface area is 199 Å². The molecule has 2 heterocycles. The van der Waals surface area contributed by atoms with E-state index in [2.05, 4.69) is 50.8 Å². The summed E-state index contributed by atoms with van der Waals surface area (Å²) in [4.78, 5) is 31.3. The van der Waals surface area contributed by atoms with Gasteiger partial charge in [0.25, 0.3) is 0 Å². The smallest absolute Gasteiger partial charge is 0.245 e. The standard InChI is InChI=1S/C27H42N4O2/c1-20(28-2)26(32)29-25(23-11-7-4-8-12-23)27(33)31-18-15-22-14-17-30(19-24(22)31)16-13-21-9-5-3-6-10-21/h3,5-6,9-10,20,22-25,28H,4,7-8,11-19H2,1-2H3,(H,29,32)/t20-,22-,24+,25-/m0/s1. The monoisotopic (exact) mass is 454 g/mol. The van der Waals surface area contributed by atoms with Gasteiger partial charge in [-0.15, -0.1) is 0 Å². The highest BCUT2D eigenvalue weighted by Crippen LogP contribution is 2.34. The van der Waals surface area contributed by atoms with E-state index in [0.717, 1.165) is 64.7 Å². The molecule has 1 aromatic rings. The van der Waals surface area contributed by atoms with Crippen molar-refractivity contribution in [1.29, 1.82) is 0 Å². The molecule has 2 aliphatic heterocycles. The highest BCUT2D eigenvalue weighted by atomic mass is 16.2. The molecule has 0 bridgehead atoms. The minimum Gasteiger partial charge on any atom is -0.343 e. The molecule has 1 aromatic carbocycles. The summed E-state index contributed by atoms with van der Waals surface area (Å²) in [6.07, 6.45) is 8.95. The quantitative estimate of drug-likeness (QED) is 0.634. The summed E-state index contributed by atoms with van der Waals surface area (Å²) in [7, 11) is 1.79. The first-order valence-corrected chi connectivity index (χ1v) is 13.1. The summed E-state index contributed by atoms with van der Waals surface area (Å²) in [5.41, 5.74) is 1.37. The van der Waals surface area contributed by atoms with Crippen molar-refractivity contribution in [2.24, 2.45) is 11.8 Å². The molecule has 0 radical (unpaired) electrons. The topological polar surface area (TPSA) is 64.7 Å². The zero-order valence-electron chi connectivity index (χ0n) is 20.5. The minimum absolute atomic E-state index is 0.0645. The lowest BCUT2D eigenvalue weighted by Gasteiger charge is -2.41. The largest absolute Gasteiger partial charge is 0.343 e. The summed E-state index contributed by atoms with van der Waals surface area (Å²) in [6, 6.07) is 10.3. The fourth-order valence-electron chi connectivity index (χ4n) is 6.05. The summed E-state index contributed by atoms with van der Waals surface area (Å²) in [5.74, 6) is 0.957. The van der Waals surface area contributed by atoms with Crippen LogP contribution in [0.4, 0.5) is 0 Å². The Balaban J connectivity index is 1.42. The molecule has 6 nitrogen and oxygen atoms in total. The van der Waals surface area contributed by atoms with E-state index in [1.54, 1.807) is 7.05 Å². The Bertz CT molecular complexity index is 780. The van der Waals surface area contributed by atoms with Gasteiger partial charge in [0.1, 0.15) is 6.04 Å². The second-order valence-electron chi connectivity index (χ2n) is 10.4. The molecule has 0 aromatic heterocycles. The molecule has 2 amide bonds. The van der Waals surface area contributed by atoms with Gasteiger partial charge < -0.3 is 20.4 Å². The molecule has 3 fully saturated rings. The molecule has 1 saturated carbocycles. The summed E-state index contributed by atoms with van der Waals surface area (Å²) in [6.45, 7) is 5.81. The Morgan fingerprint density at radius 1 is 1.03 bits per heavy atom. The molecule has 182 valence electrons. The zero-order chi connectivity index (χ0) is 23.2. The number of piperidine rings is 1. The molecule has 0 spiro atoms. The Morgan fingerprint density at radius 3 is 2.48 bits per heavy atom. The summed E-state index contributed by atoms with van der Waals surface area (Å²) < 4.78 is 0. The molecule has 4 rings (SSSR count). The molecule has 4 atom stereocenters. The van der Waals surface area contributed by atoms with Gasteiger partial charge in [-0.25, -0.2) is 0 Å². The second kappa shape index (κ2) is 11.5.